The molecule has 4 atom stereocenters. The fourth-order valence-corrected chi connectivity index (χ4v) is 10.1. The van der Waals surface area contributed by atoms with Gasteiger partial charge >= 0.3 is 11.9 Å². The summed E-state index contributed by atoms with van der Waals surface area (Å²) in [5.74, 6) is -4.24. The normalized spacial score (nSPS) is 13.7. The molecule has 1 aromatic carbocycles. The van der Waals surface area contributed by atoms with E-state index in [1.807, 2.05) is 6.92 Å². The molecule has 0 radical (unpaired) electrons. The third-order valence-corrected chi connectivity index (χ3v) is 15.0. The average molecular weight is 1160 g/mol. The van der Waals surface area contributed by atoms with E-state index < -0.39 is 61.9 Å². The van der Waals surface area contributed by atoms with Crippen molar-refractivity contribution in [2.75, 3.05) is 138 Å². The van der Waals surface area contributed by atoms with E-state index in [2.05, 4.69) is 17.1 Å². The lowest BCUT2D eigenvalue weighted by Gasteiger charge is -2.30. The highest BCUT2D eigenvalue weighted by Gasteiger charge is 2.41. The molecule has 2 N–H and O–H groups in total. The number of hydrogen-bond donors (Lipinski definition) is 2. The molecule has 0 aromatic heterocycles. The maximum absolute atomic E-state index is 14.2. The number of thioether (sulfide) groups is 1. The predicted octanol–water partition coefficient (Wildman–Crippen LogP) is 8.16. The zero-order chi connectivity index (χ0) is 58.3. The van der Waals surface area contributed by atoms with E-state index in [-0.39, 0.29) is 58.0 Å². The second-order valence-corrected chi connectivity index (χ2v) is 22.8. The van der Waals surface area contributed by atoms with Crippen molar-refractivity contribution in [2.45, 2.75) is 147 Å². The molecule has 0 aliphatic carbocycles. The molecule has 0 spiro atoms. The van der Waals surface area contributed by atoms with E-state index in [1.165, 1.54) is 57.7 Å². The molecule has 0 fully saturated rings. The Morgan fingerprint density at radius 3 is 1.46 bits per heavy atom. The zero-order valence-corrected chi connectivity index (χ0v) is 50.2. The number of methoxy groups -OCH3 is 1. The molecule has 0 bridgehead atoms. The number of esters is 2. The van der Waals surface area contributed by atoms with Crippen LogP contribution in [0.25, 0.3) is 4.85 Å². The Bertz CT molecular complexity index is 1870. The first kappa shape index (κ1) is 73.7. The molecule has 22 heteroatoms. The lowest BCUT2D eigenvalue weighted by Crippen LogP contribution is -2.51. The number of unbranched alkanes of at least 4 members (excludes halogenated alkanes) is 9. The highest BCUT2D eigenvalue weighted by Crippen LogP contribution is 2.34. The quantitative estimate of drug-likeness (QED) is 0.0205. The van der Waals surface area contributed by atoms with Gasteiger partial charge in [-0.1, -0.05) is 95.9 Å². The van der Waals surface area contributed by atoms with Crippen LogP contribution < -0.4 is 5.32 Å². The van der Waals surface area contributed by atoms with Crippen molar-refractivity contribution in [1.29, 1.82) is 0 Å². The lowest BCUT2D eigenvalue weighted by atomic mass is 9.81. The van der Waals surface area contributed by atoms with Crippen molar-refractivity contribution >= 4 is 46.0 Å². The topological polar surface area (TPSA) is 241 Å². The van der Waals surface area contributed by atoms with Crippen LogP contribution in [-0.2, 0) is 82.4 Å². The van der Waals surface area contributed by atoms with Crippen LogP contribution in [0.1, 0.15) is 140 Å². The Labute approximate surface area is 477 Å². The van der Waals surface area contributed by atoms with Gasteiger partial charge in [-0.3, -0.25) is 23.7 Å². The minimum absolute atomic E-state index is 0.0676. The van der Waals surface area contributed by atoms with Crippen LogP contribution in [0, 0.1) is 18.4 Å². The largest absolute Gasteiger partial charge is 0.465 e. The molecule has 0 aliphatic rings. The van der Waals surface area contributed by atoms with Gasteiger partial charge in [-0.25, -0.2) is 6.57 Å². The smallest absolute Gasteiger partial charge is 0.309 e. The van der Waals surface area contributed by atoms with Crippen LogP contribution in [0.15, 0.2) is 24.3 Å². The van der Waals surface area contributed by atoms with Crippen molar-refractivity contribution in [2.24, 2.45) is 11.8 Å². The third-order valence-electron chi connectivity index (χ3n) is 12.6. The molecular weight excluding hydrogens is 1060 g/mol. The van der Waals surface area contributed by atoms with Gasteiger partial charge in [0.15, 0.2) is 0 Å². The standard InChI is InChI=1S/C57H98N2O18S2/c1-8-10-11-12-13-14-15-16-17-18-23-76-54(62)50(43-52(53(61)59-56(3,4)47-79(64,65)66)78-46-49-21-19-48(45-60)20-22-49)42-51(44-57(5,9-2)58-6)55(63)77-41-40-75-39-38-74-37-36-73-35-34-72-33-32-71-31-30-70-29-28-69-27-26-68-25-24-67-7/h19-22,45,50-52H,8-18,23-44,46-47H2,1-5,7H3,(H,59,61)(H,64,65,66). The minimum Gasteiger partial charge on any atom is -0.465 e. The molecular formula is C57H98N2O18S2. The van der Waals surface area contributed by atoms with Gasteiger partial charge in [-0.05, 0) is 38.7 Å². The van der Waals surface area contributed by atoms with Gasteiger partial charge in [-0.2, -0.15) is 8.42 Å². The van der Waals surface area contributed by atoms with Gasteiger partial charge < -0.3 is 62.3 Å². The van der Waals surface area contributed by atoms with Crippen molar-refractivity contribution in [3.05, 3.63) is 46.8 Å². The molecule has 1 amide bonds. The zero-order valence-electron chi connectivity index (χ0n) is 48.5. The van der Waals surface area contributed by atoms with E-state index in [4.69, 9.17) is 58.7 Å². The maximum Gasteiger partial charge on any atom is 0.309 e. The number of benzene rings is 1. The molecule has 1 rings (SSSR count). The number of nitrogens with zero attached hydrogens (tertiary/aromatic N) is 1. The van der Waals surface area contributed by atoms with Crippen molar-refractivity contribution in [3.8, 4) is 0 Å². The summed E-state index contributed by atoms with van der Waals surface area (Å²) in [6.07, 6.45) is 11.9. The Kier molecular flexibility index (Phi) is 44.0. The van der Waals surface area contributed by atoms with E-state index in [0.29, 0.717) is 111 Å². The Hall–Kier alpha value is -3.31. The number of nitrogens with one attached hydrogen (secondary N) is 1. The number of ether oxygens (including phenoxy) is 11. The van der Waals surface area contributed by atoms with E-state index >= 15 is 0 Å². The summed E-state index contributed by atoms with van der Waals surface area (Å²) in [6, 6.07) is 6.81. The summed E-state index contributed by atoms with van der Waals surface area (Å²) in [7, 11) is -2.86. The van der Waals surface area contributed by atoms with Crippen LogP contribution in [0.4, 0.5) is 0 Å². The molecule has 0 saturated carbocycles. The SMILES string of the molecule is [C-]#[N+]C(C)(CC)CC(CC(CC(SCc1ccc(C=O)cc1)C(=O)NC(C)(C)CS(=O)(=O)O)C(=O)OCCCCCCCCCCCC)C(=O)OCCOCCOCCOCCOCCOCCOCCOCCOCCOC. The van der Waals surface area contributed by atoms with Gasteiger partial charge in [0.25, 0.3) is 10.1 Å². The predicted molar refractivity (Wildman–Crippen MR) is 304 cm³/mol. The van der Waals surface area contributed by atoms with Crippen LogP contribution in [-0.4, -0.2) is 192 Å². The molecule has 456 valence electrons. The third kappa shape index (κ3) is 41.4. The maximum atomic E-state index is 14.2. The van der Waals surface area contributed by atoms with E-state index in [1.54, 1.807) is 38.3 Å². The highest BCUT2D eigenvalue weighted by atomic mass is 32.2. The van der Waals surface area contributed by atoms with E-state index in [0.717, 1.165) is 37.5 Å². The van der Waals surface area contributed by atoms with E-state index in [9.17, 15) is 32.1 Å². The molecule has 20 nitrogen and oxygen atoms in total. The summed E-state index contributed by atoms with van der Waals surface area (Å²) < 4.78 is 94.1. The fourth-order valence-electron chi connectivity index (χ4n) is 7.98. The van der Waals surface area contributed by atoms with Gasteiger partial charge in [0.1, 0.15) is 12.9 Å². The van der Waals surface area contributed by atoms with Crippen molar-refractivity contribution in [1.82, 2.24) is 5.32 Å². The highest BCUT2D eigenvalue weighted by molar-refractivity contribution is 7.99. The first-order valence-corrected chi connectivity index (χ1v) is 30.9. The van der Waals surface area contributed by atoms with Gasteiger partial charge in [0.2, 0.25) is 11.4 Å². The Balaban J connectivity index is 2.82. The van der Waals surface area contributed by atoms with Gasteiger partial charge in [0, 0.05) is 38.2 Å². The molecule has 79 heavy (non-hydrogen) atoms. The average Bonchev–Trinajstić information content (AvgIpc) is 3.41. The lowest BCUT2D eigenvalue weighted by molar-refractivity contribution is -0.154. The van der Waals surface area contributed by atoms with Crippen molar-refractivity contribution in [3.63, 3.8) is 0 Å². The first-order chi connectivity index (χ1) is 38.0. The number of rotatable bonds is 55. The summed E-state index contributed by atoms with van der Waals surface area (Å²) in [5, 5.41) is 1.77. The van der Waals surface area contributed by atoms with Crippen LogP contribution in [0.3, 0.4) is 0 Å². The van der Waals surface area contributed by atoms with Crippen LogP contribution >= 0.6 is 11.8 Å². The second-order valence-electron chi connectivity index (χ2n) is 20.2. The second kappa shape index (κ2) is 47.2. The summed E-state index contributed by atoms with van der Waals surface area (Å²) in [5.41, 5.74) is -1.10. The Morgan fingerprint density at radius 1 is 0.620 bits per heavy atom. The van der Waals surface area contributed by atoms with Gasteiger partial charge in [-0.15, -0.1) is 11.8 Å². The fraction of sp³-hybridized carbons (Fsp3) is 0.807. The number of aldehydes is 1. The monoisotopic (exact) mass is 1160 g/mol. The van der Waals surface area contributed by atoms with Crippen LogP contribution in [0.2, 0.25) is 0 Å². The summed E-state index contributed by atoms with van der Waals surface area (Å²) in [4.78, 5) is 57.6. The summed E-state index contributed by atoms with van der Waals surface area (Å²) in [6.45, 7) is 23.8. The molecule has 0 saturated heterocycles. The van der Waals surface area contributed by atoms with Crippen LogP contribution in [0.5, 0.6) is 0 Å². The number of carbonyl (C=O) groups excluding carboxylic acids is 4. The number of carbonyl (C=O) groups is 4. The minimum atomic E-state index is -4.49. The Morgan fingerprint density at radius 2 is 1.04 bits per heavy atom. The molecule has 0 heterocycles. The molecule has 0 aliphatic heterocycles. The van der Waals surface area contributed by atoms with Crippen molar-refractivity contribution < 1.29 is 84.3 Å². The first-order valence-electron chi connectivity index (χ1n) is 28.3. The van der Waals surface area contributed by atoms with Gasteiger partial charge in [0.05, 0.1) is 147 Å². The summed E-state index contributed by atoms with van der Waals surface area (Å²) >= 11 is 1.21. The molecule has 4 unspecified atom stereocenters. The molecule has 1 aromatic rings. The number of hydrogen-bond acceptors (Lipinski definition) is 18. The number of amides is 1.